The van der Waals surface area contributed by atoms with Gasteiger partial charge in [0, 0.05) is 25.4 Å². The molecule has 2 atom stereocenters. The lowest BCUT2D eigenvalue weighted by molar-refractivity contribution is 0.0681. The molecule has 3 rings (SSSR count). The van der Waals surface area contributed by atoms with Gasteiger partial charge in [0.1, 0.15) is 5.82 Å². The number of nitrogens with one attached hydrogen (secondary N) is 2. The molecule has 0 radical (unpaired) electrons. The van der Waals surface area contributed by atoms with Crippen LogP contribution in [0.5, 0.6) is 0 Å². The molecular weight excluding hydrogens is 334 g/mol. The standard InChI is InChI=1S/C18H29N5O3/c1-26-14-7-5-11(6-8-14)22-18-20-10-15(16(19)25)17(23-18)21-12-3-2-4-13(24)9-12/h10-14,24H,2-9H2,1H3,(H2,19,25)(H2,20,21,22,23)/t11-,12-,13+,14-/m0/s1. The molecule has 2 aliphatic carbocycles. The Hall–Kier alpha value is -1.93. The van der Waals surface area contributed by atoms with E-state index >= 15 is 0 Å². The van der Waals surface area contributed by atoms with E-state index in [2.05, 4.69) is 20.6 Å². The molecule has 1 amide bonds. The monoisotopic (exact) mass is 363 g/mol. The number of amides is 1. The number of anilines is 2. The molecular formula is C18H29N5O3. The van der Waals surface area contributed by atoms with Crippen molar-refractivity contribution >= 4 is 17.7 Å². The Morgan fingerprint density at radius 2 is 1.96 bits per heavy atom. The fourth-order valence-electron chi connectivity index (χ4n) is 3.86. The van der Waals surface area contributed by atoms with Gasteiger partial charge in [0.15, 0.2) is 0 Å². The van der Waals surface area contributed by atoms with E-state index in [4.69, 9.17) is 10.5 Å². The number of carbonyl (C=O) groups excluding carboxylic acids is 1. The maximum absolute atomic E-state index is 11.7. The molecule has 8 nitrogen and oxygen atoms in total. The second-order valence-electron chi connectivity index (χ2n) is 7.34. The molecule has 0 aliphatic heterocycles. The smallest absolute Gasteiger partial charge is 0.254 e. The van der Waals surface area contributed by atoms with Crippen LogP contribution < -0.4 is 16.4 Å². The minimum absolute atomic E-state index is 0.0803. The van der Waals surface area contributed by atoms with Gasteiger partial charge in [0.2, 0.25) is 5.95 Å². The van der Waals surface area contributed by atoms with Crippen LogP contribution in [0.1, 0.15) is 61.7 Å². The molecule has 8 heteroatoms. The first kappa shape index (κ1) is 18.8. The van der Waals surface area contributed by atoms with Crippen LogP contribution in [-0.4, -0.2) is 52.4 Å². The Labute approximate surface area is 153 Å². The molecule has 144 valence electrons. The molecule has 1 aromatic rings. The molecule has 1 heterocycles. The number of carbonyl (C=O) groups is 1. The maximum atomic E-state index is 11.7. The van der Waals surface area contributed by atoms with Gasteiger partial charge < -0.3 is 26.2 Å². The lowest BCUT2D eigenvalue weighted by atomic mass is 9.93. The van der Waals surface area contributed by atoms with Crippen LogP contribution in [0.2, 0.25) is 0 Å². The Kier molecular flexibility index (Phi) is 6.26. The largest absolute Gasteiger partial charge is 0.393 e. The van der Waals surface area contributed by atoms with Crippen molar-refractivity contribution in [1.82, 2.24) is 9.97 Å². The van der Waals surface area contributed by atoms with Crippen molar-refractivity contribution in [2.24, 2.45) is 5.73 Å². The number of hydrogen-bond donors (Lipinski definition) is 4. The number of primary amides is 1. The van der Waals surface area contributed by atoms with Gasteiger partial charge in [-0.05, 0) is 51.4 Å². The molecule has 0 bridgehead atoms. The van der Waals surface area contributed by atoms with Crippen molar-refractivity contribution in [1.29, 1.82) is 0 Å². The van der Waals surface area contributed by atoms with Crippen LogP contribution in [0.4, 0.5) is 11.8 Å². The zero-order valence-electron chi connectivity index (χ0n) is 15.3. The van der Waals surface area contributed by atoms with Crippen molar-refractivity contribution in [2.75, 3.05) is 17.7 Å². The summed E-state index contributed by atoms with van der Waals surface area (Å²) in [6.07, 6.45) is 8.86. The van der Waals surface area contributed by atoms with Crippen molar-refractivity contribution in [2.45, 2.75) is 75.7 Å². The Morgan fingerprint density at radius 1 is 1.19 bits per heavy atom. The first-order chi connectivity index (χ1) is 12.5. The third kappa shape index (κ3) is 4.82. The summed E-state index contributed by atoms with van der Waals surface area (Å²) >= 11 is 0. The molecule has 26 heavy (non-hydrogen) atoms. The van der Waals surface area contributed by atoms with E-state index in [9.17, 15) is 9.90 Å². The molecule has 1 aromatic heterocycles. The van der Waals surface area contributed by atoms with Gasteiger partial charge in [-0.3, -0.25) is 4.79 Å². The van der Waals surface area contributed by atoms with E-state index in [1.54, 1.807) is 7.11 Å². The van der Waals surface area contributed by atoms with Gasteiger partial charge >= 0.3 is 0 Å². The Balaban J connectivity index is 1.68. The van der Waals surface area contributed by atoms with Gasteiger partial charge in [-0.2, -0.15) is 4.98 Å². The Bertz CT molecular complexity index is 619. The number of nitrogens with two attached hydrogens (primary N) is 1. The van der Waals surface area contributed by atoms with Crippen LogP contribution >= 0.6 is 0 Å². The fraction of sp³-hybridized carbons (Fsp3) is 0.722. The average Bonchev–Trinajstić information content (AvgIpc) is 2.62. The van der Waals surface area contributed by atoms with Crippen LogP contribution in [0, 0.1) is 0 Å². The zero-order chi connectivity index (χ0) is 18.5. The number of methoxy groups -OCH3 is 1. The molecule has 0 spiro atoms. The van der Waals surface area contributed by atoms with Gasteiger partial charge in [-0.15, -0.1) is 0 Å². The Morgan fingerprint density at radius 3 is 2.62 bits per heavy atom. The van der Waals surface area contributed by atoms with Crippen LogP contribution in [0.3, 0.4) is 0 Å². The number of hydrogen-bond acceptors (Lipinski definition) is 7. The van der Waals surface area contributed by atoms with Gasteiger partial charge in [-0.1, -0.05) is 0 Å². The van der Waals surface area contributed by atoms with E-state index in [0.29, 0.717) is 30.3 Å². The van der Waals surface area contributed by atoms with Crippen LogP contribution in [0.15, 0.2) is 6.20 Å². The van der Waals surface area contributed by atoms with Gasteiger partial charge in [0.25, 0.3) is 5.91 Å². The molecule has 2 aliphatic rings. The third-order valence-corrected chi connectivity index (χ3v) is 5.38. The molecule has 2 saturated carbocycles. The molecule has 5 N–H and O–H groups in total. The summed E-state index contributed by atoms with van der Waals surface area (Å²) in [7, 11) is 1.75. The highest BCUT2D eigenvalue weighted by molar-refractivity contribution is 5.97. The van der Waals surface area contributed by atoms with E-state index in [1.165, 1.54) is 6.20 Å². The number of ether oxygens (including phenoxy) is 1. The average molecular weight is 363 g/mol. The number of rotatable bonds is 6. The lowest BCUT2D eigenvalue weighted by Crippen LogP contribution is -2.32. The fourth-order valence-corrected chi connectivity index (χ4v) is 3.86. The molecule has 2 fully saturated rings. The summed E-state index contributed by atoms with van der Waals surface area (Å²) in [5.41, 5.74) is 5.75. The van der Waals surface area contributed by atoms with Crippen LogP contribution in [0.25, 0.3) is 0 Å². The normalized spacial score (nSPS) is 29.2. The topological polar surface area (TPSA) is 122 Å². The quantitative estimate of drug-likeness (QED) is 0.606. The minimum atomic E-state index is -0.559. The van der Waals surface area contributed by atoms with Crippen molar-refractivity contribution in [3.05, 3.63) is 11.8 Å². The van der Waals surface area contributed by atoms with Crippen molar-refractivity contribution in [3.8, 4) is 0 Å². The lowest BCUT2D eigenvalue weighted by Gasteiger charge is -2.29. The summed E-state index contributed by atoms with van der Waals surface area (Å²) < 4.78 is 5.40. The van der Waals surface area contributed by atoms with Gasteiger partial charge in [-0.25, -0.2) is 4.98 Å². The highest BCUT2D eigenvalue weighted by atomic mass is 16.5. The van der Waals surface area contributed by atoms with Crippen LogP contribution in [-0.2, 0) is 4.74 Å². The van der Waals surface area contributed by atoms with E-state index in [0.717, 1.165) is 44.9 Å². The summed E-state index contributed by atoms with van der Waals surface area (Å²) in [5, 5.41) is 16.5. The number of aliphatic hydroxyl groups excluding tert-OH is 1. The van der Waals surface area contributed by atoms with E-state index in [1.807, 2.05) is 0 Å². The zero-order valence-corrected chi connectivity index (χ0v) is 15.3. The minimum Gasteiger partial charge on any atom is -0.393 e. The predicted molar refractivity (Wildman–Crippen MR) is 99.1 cm³/mol. The van der Waals surface area contributed by atoms with Crippen molar-refractivity contribution < 1.29 is 14.6 Å². The third-order valence-electron chi connectivity index (χ3n) is 5.38. The summed E-state index contributed by atoms with van der Waals surface area (Å²) in [4.78, 5) is 20.5. The van der Waals surface area contributed by atoms with E-state index < -0.39 is 5.91 Å². The second-order valence-corrected chi connectivity index (χ2v) is 7.34. The van der Waals surface area contributed by atoms with Crippen molar-refractivity contribution in [3.63, 3.8) is 0 Å². The van der Waals surface area contributed by atoms with E-state index in [-0.39, 0.29) is 17.7 Å². The summed E-state index contributed by atoms with van der Waals surface area (Å²) in [6.45, 7) is 0. The number of aromatic nitrogens is 2. The van der Waals surface area contributed by atoms with Gasteiger partial charge in [0.05, 0.1) is 17.8 Å². The molecule has 0 aromatic carbocycles. The predicted octanol–water partition coefficient (Wildman–Crippen LogP) is 1.66. The first-order valence-electron chi connectivity index (χ1n) is 9.46. The summed E-state index contributed by atoms with van der Waals surface area (Å²) in [6, 6.07) is 0.377. The second kappa shape index (κ2) is 8.64. The summed E-state index contributed by atoms with van der Waals surface area (Å²) in [5.74, 6) is 0.380. The highest BCUT2D eigenvalue weighted by Crippen LogP contribution is 2.25. The highest BCUT2D eigenvalue weighted by Gasteiger charge is 2.24. The first-order valence-corrected chi connectivity index (χ1v) is 9.46. The number of nitrogens with zero attached hydrogens (tertiary/aromatic N) is 2. The maximum Gasteiger partial charge on any atom is 0.254 e. The molecule has 0 unspecified atom stereocenters. The number of aliphatic hydroxyl groups is 1. The SMILES string of the molecule is CO[C@H]1CC[C@H](Nc2ncc(C(N)=O)c(N[C@H]3CCC[C@@H](O)C3)n2)CC1. The molecule has 0 saturated heterocycles.